The summed E-state index contributed by atoms with van der Waals surface area (Å²) in [5.74, 6) is -2.53. The maximum absolute atomic E-state index is 15.8. The van der Waals surface area contributed by atoms with Gasteiger partial charge in [-0.25, -0.2) is 31.3 Å². The van der Waals surface area contributed by atoms with Crippen molar-refractivity contribution in [2.75, 3.05) is 38.2 Å². The fourth-order valence-corrected chi connectivity index (χ4v) is 8.43. The third kappa shape index (κ3) is 9.15. The van der Waals surface area contributed by atoms with Crippen LogP contribution in [-0.2, 0) is 21.3 Å². The molecule has 274 valence electrons. The lowest BCUT2D eigenvalue weighted by molar-refractivity contribution is 0.0110. The van der Waals surface area contributed by atoms with E-state index in [1.54, 1.807) is 56.0 Å². The van der Waals surface area contributed by atoms with Crippen LogP contribution in [0.1, 0.15) is 44.2 Å². The Balaban J connectivity index is 1.42. The number of carbonyl (C=O) groups excluding carboxylic acids is 1. The number of sulfonamides is 1. The molecule has 2 heterocycles. The Morgan fingerprint density at radius 3 is 2.37 bits per heavy atom. The Morgan fingerprint density at radius 2 is 1.75 bits per heavy atom. The molecule has 16 heteroatoms. The predicted octanol–water partition coefficient (Wildman–Crippen LogP) is 8.56. The molecule has 0 aliphatic carbocycles. The molecule has 3 aromatic carbocycles. The smallest absolute Gasteiger partial charge is 0.410 e. The molecule has 0 saturated carbocycles. The molecule has 10 nitrogen and oxygen atoms in total. The zero-order valence-electron chi connectivity index (χ0n) is 28.5. The number of amides is 1. The summed E-state index contributed by atoms with van der Waals surface area (Å²) < 4.78 is 82.8. The van der Waals surface area contributed by atoms with Crippen LogP contribution in [0.5, 0.6) is 17.2 Å². The summed E-state index contributed by atoms with van der Waals surface area (Å²) >= 11 is 13.1. The average Bonchev–Trinajstić information content (AvgIpc) is 3.52. The Labute approximate surface area is 309 Å². The first-order valence-corrected chi connectivity index (χ1v) is 18.8. The van der Waals surface area contributed by atoms with E-state index in [2.05, 4.69) is 4.98 Å². The van der Waals surface area contributed by atoms with Gasteiger partial charge in [0.05, 0.1) is 33.6 Å². The van der Waals surface area contributed by atoms with Crippen molar-refractivity contribution in [2.24, 2.45) is 5.92 Å². The summed E-state index contributed by atoms with van der Waals surface area (Å²) in [6.45, 7) is 5.49. The maximum Gasteiger partial charge on any atom is 0.410 e. The van der Waals surface area contributed by atoms with E-state index in [0.717, 1.165) is 21.2 Å². The second-order valence-electron chi connectivity index (χ2n) is 12.8. The Morgan fingerprint density at radius 1 is 1.02 bits per heavy atom. The molecule has 1 aliphatic heterocycles. The number of benzene rings is 3. The minimum Gasteiger partial charge on any atom is -0.497 e. The fourth-order valence-electron chi connectivity index (χ4n) is 5.73. The van der Waals surface area contributed by atoms with Crippen molar-refractivity contribution in [3.8, 4) is 17.2 Å². The second kappa shape index (κ2) is 15.8. The number of methoxy groups -OCH3 is 2. The molecule has 0 radical (unpaired) electrons. The van der Waals surface area contributed by atoms with Gasteiger partial charge in [0.1, 0.15) is 32.1 Å². The Kier molecular flexibility index (Phi) is 11.9. The number of nitrogens with zero attached hydrogens (tertiary/aromatic N) is 3. The van der Waals surface area contributed by atoms with E-state index in [9.17, 15) is 13.2 Å². The predicted molar refractivity (Wildman–Crippen MR) is 192 cm³/mol. The van der Waals surface area contributed by atoms with Crippen LogP contribution in [0.4, 0.5) is 18.7 Å². The number of ether oxygens (including phenoxy) is 4. The van der Waals surface area contributed by atoms with Gasteiger partial charge in [-0.1, -0.05) is 46.7 Å². The number of aromatic nitrogens is 1. The SMILES string of the molecule is COc1ccc(CN(c2ncc(Cl)s2)S(=O)(=O)c2cc(F)c(OC[C@@H]3CN(C(=O)OC(C)(C)C)CCC3c3ccc(Cl)cc3)cc2F)c(OC)c1. The molecule has 0 spiro atoms. The number of rotatable bonds is 11. The molecule has 1 saturated heterocycles. The zero-order chi connectivity index (χ0) is 37.1. The van der Waals surface area contributed by atoms with Gasteiger partial charge in [0.2, 0.25) is 5.13 Å². The number of carbonyl (C=O) groups is 1. The highest BCUT2D eigenvalue weighted by Crippen LogP contribution is 2.38. The maximum atomic E-state index is 15.8. The van der Waals surface area contributed by atoms with E-state index in [1.165, 1.54) is 20.4 Å². The van der Waals surface area contributed by atoms with Gasteiger partial charge in [0, 0.05) is 47.8 Å². The van der Waals surface area contributed by atoms with Crippen molar-refractivity contribution < 1.29 is 40.9 Å². The normalized spacial score (nSPS) is 16.5. The summed E-state index contributed by atoms with van der Waals surface area (Å²) in [7, 11) is -1.89. The highest BCUT2D eigenvalue weighted by molar-refractivity contribution is 7.93. The van der Waals surface area contributed by atoms with E-state index in [-0.39, 0.29) is 41.0 Å². The van der Waals surface area contributed by atoms with Crippen LogP contribution >= 0.6 is 34.5 Å². The van der Waals surface area contributed by atoms with E-state index in [4.69, 9.17) is 42.1 Å². The van der Waals surface area contributed by atoms with Gasteiger partial charge in [0.25, 0.3) is 10.0 Å². The van der Waals surface area contributed by atoms with E-state index in [0.29, 0.717) is 47.2 Å². The van der Waals surface area contributed by atoms with Crippen LogP contribution in [0.3, 0.4) is 0 Å². The third-order valence-corrected chi connectivity index (χ3v) is 11.4. The van der Waals surface area contributed by atoms with E-state index in [1.807, 2.05) is 12.1 Å². The van der Waals surface area contributed by atoms with Crippen LogP contribution in [0.25, 0.3) is 0 Å². The fraction of sp³-hybridized carbons (Fsp3) is 0.371. The highest BCUT2D eigenvalue weighted by Gasteiger charge is 2.36. The lowest BCUT2D eigenvalue weighted by Gasteiger charge is -2.39. The van der Waals surface area contributed by atoms with Crippen LogP contribution in [0.15, 0.2) is 65.7 Å². The number of hydrogen-bond donors (Lipinski definition) is 0. The molecule has 1 amide bonds. The third-order valence-electron chi connectivity index (χ3n) is 8.18. The number of piperidine rings is 1. The van der Waals surface area contributed by atoms with Crippen molar-refractivity contribution >= 4 is 55.8 Å². The molecule has 1 unspecified atom stereocenters. The molecule has 1 fully saturated rings. The lowest BCUT2D eigenvalue weighted by atomic mass is 9.81. The van der Waals surface area contributed by atoms with Crippen LogP contribution in [-0.4, -0.2) is 63.9 Å². The van der Waals surface area contributed by atoms with Gasteiger partial charge in [-0.2, -0.15) is 0 Å². The van der Waals surface area contributed by atoms with Crippen molar-refractivity contribution in [1.82, 2.24) is 9.88 Å². The van der Waals surface area contributed by atoms with Crippen molar-refractivity contribution in [3.05, 3.63) is 92.9 Å². The summed E-state index contributed by atoms with van der Waals surface area (Å²) in [4.78, 5) is 17.7. The van der Waals surface area contributed by atoms with Crippen LogP contribution in [0.2, 0.25) is 9.36 Å². The molecule has 1 aromatic heterocycles. The second-order valence-corrected chi connectivity index (χ2v) is 16.7. The summed E-state index contributed by atoms with van der Waals surface area (Å²) in [6, 6.07) is 13.3. The molecule has 0 bridgehead atoms. The minimum absolute atomic E-state index is 0.0712. The monoisotopic (exact) mass is 783 g/mol. The van der Waals surface area contributed by atoms with Gasteiger partial charge in [-0.3, -0.25) is 0 Å². The molecule has 5 rings (SSSR count). The van der Waals surface area contributed by atoms with E-state index >= 15 is 8.78 Å². The zero-order valence-corrected chi connectivity index (χ0v) is 31.6. The van der Waals surface area contributed by atoms with Crippen LogP contribution < -0.4 is 18.5 Å². The average molecular weight is 785 g/mol. The van der Waals surface area contributed by atoms with Gasteiger partial charge < -0.3 is 23.8 Å². The van der Waals surface area contributed by atoms with Gasteiger partial charge in [0.15, 0.2) is 11.6 Å². The molecule has 51 heavy (non-hydrogen) atoms. The summed E-state index contributed by atoms with van der Waals surface area (Å²) in [5, 5.41) is 0.489. The first kappa shape index (κ1) is 38.4. The number of anilines is 1. The molecule has 1 aliphatic rings. The highest BCUT2D eigenvalue weighted by atomic mass is 35.5. The topological polar surface area (TPSA) is 108 Å². The number of thiazole rings is 1. The lowest BCUT2D eigenvalue weighted by Crippen LogP contribution is -2.46. The van der Waals surface area contributed by atoms with Crippen LogP contribution in [0, 0.1) is 17.6 Å². The Hall–Kier alpha value is -3.85. The first-order chi connectivity index (χ1) is 24.1. The molecule has 0 N–H and O–H groups in total. The summed E-state index contributed by atoms with van der Waals surface area (Å²) in [5.41, 5.74) is 0.638. The Bertz CT molecular complexity index is 1970. The van der Waals surface area contributed by atoms with Gasteiger partial charge in [-0.15, -0.1) is 0 Å². The van der Waals surface area contributed by atoms with Gasteiger partial charge in [-0.05, 0) is 62.9 Å². The first-order valence-electron chi connectivity index (χ1n) is 15.8. The van der Waals surface area contributed by atoms with Gasteiger partial charge >= 0.3 is 6.09 Å². The number of halogens is 4. The summed E-state index contributed by atoms with van der Waals surface area (Å²) in [6.07, 6.45) is 1.32. The van der Waals surface area contributed by atoms with Crippen molar-refractivity contribution in [3.63, 3.8) is 0 Å². The molecule has 2 atom stereocenters. The van der Waals surface area contributed by atoms with Crippen molar-refractivity contribution in [2.45, 2.75) is 50.2 Å². The molecular formula is C35H37Cl2F2N3O7S2. The number of likely N-dealkylation sites (tertiary alicyclic amines) is 1. The molecule has 4 aromatic rings. The van der Waals surface area contributed by atoms with Crippen molar-refractivity contribution in [1.29, 1.82) is 0 Å². The molecular weight excluding hydrogens is 747 g/mol. The number of hydrogen-bond acceptors (Lipinski definition) is 9. The quantitative estimate of drug-likeness (QED) is 0.149. The van der Waals surface area contributed by atoms with E-state index < -0.39 is 44.0 Å². The standard InChI is InChI=1S/C35H37Cl2F2N3O7S2/c1-35(2,3)49-34(43)41-13-12-26(21-6-9-24(36)10-7-21)23(18-41)20-48-30-15-28(39)31(16-27(30)38)51(44,45)42(33-40-17-32(37)50-33)19-22-8-11-25(46-4)14-29(22)47-5/h6-11,14-17,23,26H,12-13,18-20H2,1-5H3/t23-,26?/m0/s1. The largest absolute Gasteiger partial charge is 0.497 e. The minimum atomic E-state index is -4.77.